The fourth-order valence-corrected chi connectivity index (χ4v) is 2.55. The van der Waals surface area contributed by atoms with Crippen LogP contribution in [0.15, 0.2) is 0 Å². The second-order valence-corrected chi connectivity index (χ2v) is 5.32. The number of hydrogen-bond donors (Lipinski definition) is 8. The average Bonchev–Trinajstić information content (AvgIpc) is 2.47. The molecular formula is C11H20O10. The summed E-state index contributed by atoms with van der Waals surface area (Å²) in [4.78, 5) is 0. The molecule has 21 heavy (non-hydrogen) atoms. The van der Waals surface area contributed by atoms with Gasteiger partial charge in [-0.1, -0.05) is 0 Å². The first-order valence-corrected chi connectivity index (χ1v) is 6.45. The molecule has 2 rings (SSSR count). The van der Waals surface area contributed by atoms with E-state index < -0.39 is 67.8 Å². The molecule has 0 aliphatic carbocycles. The predicted octanol–water partition coefficient (Wildman–Crippen LogP) is -5.37. The summed E-state index contributed by atoms with van der Waals surface area (Å²) >= 11 is 0. The van der Waals surface area contributed by atoms with Gasteiger partial charge in [0.1, 0.15) is 48.8 Å². The Kier molecular flexibility index (Phi) is 4.85. The largest absolute Gasteiger partial charge is 0.394 e. The van der Waals surface area contributed by atoms with Gasteiger partial charge >= 0.3 is 0 Å². The Hall–Kier alpha value is -0.400. The summed E-state index contributed by atoms with van der Waals surface area (Å²) in [5.74, 6) is -2.63. The zero-order valence-corrected chi connectivity index (χ0v) is 10.9. The van der Waals surface area contributed by atoms with Crippen molar-refractivity contribution in [1.29, 1.82) is 0 Å². The quantitative estimate of drug-likeness (QED) is 0.245. The fraction of sp³-hybridized carbons (Fsp3) is 1.00. The Morgan fingerprint density at radius 1 is 0.905 bits per heavy atom. The van der Waals surface area contributed by atoms with E-state index in [4.69, 9.17) is 14.6 Å². The first-order valence-electron chi connectivity index (χ1n) is 6.45. The smallest absolute Gasteiger partial charge is 0.224 e. The molecule has 2 unspecified atom stereocenters. The van der Waals surface area contributed by atoms with Crippen LogP contribution in [0.1, 0.15) is 0 Å². The topological polar surface area (TPSA) is 180 Å². The predicted molar refractivity (Wildman–Crippen MR) is 62.7 cm³/mol. The van der Waals surface area contributed by atoms with Crippen LogP contribution in [0.3, 0.4) is 0 Å². The van der Waals surface area contributed by atoms with Gasteiger partial charge < -0.3 is 50.3 Å². The normalized spacial score (nSPS) is 55.4. The lowest BCUT2D eigenvalue weighted by atomic mass is 9.85. The molecule has 0 bridgehead atoms. The van der Waals surface area contributed by atoms with Crippen molar-refractivity contribution >= 4 is 0 Å². The number of ether oxygens (including phenoxy) is 2. The van der Waals surface area contributed by atoms with Gasteiger partial charge in [-0.05, 0) is 0 Å². The molecule has 0 aromatic heterocycles. The van der Waals surface area contributed by atoms with Crippen molar-refractivity contribution in [3.8, 4) is 0 Å². The fourth-order valence-electron chi connectivity index (χ4n) is 2.55. The number of hydrogen-bond acceptors (Lipinski definition) is 10. The molecule has 10 heteroatoms. The molecule has 0 radical (unpaired) electrons. The van der Waals surface area contributed by atoms with E-state index in [1.807, 2.05) is 0 Å². The Morgan fingerprint density at radius 2 is 1.52 bits per heavy atom. The number of aliphatic hydroxyl groups excluding tert-OH is 7. The molecule has 0 spiro atoms. The van der Waals surface area contributed by atoms with Crippen LogP contribution in [0, 0.1) is 0 Å². The maximum atomic E-state index is 10.3. The maximum Gasteiger partial charge on any atom is 0.224 e. The molecule has 0 saturated carbocycles. The second-order valence-electron chi connectivity index (χ2n) is 5.32. The molecular weight excluding hydrogens is 292 g/mol. The minimum absolute atomic E-state index is 0.552. The average molecular weight is 312 g/mol. The first-order chi connectivity index (χ1) is 9.74. The molecule has 2 heterocycles. The van der Waals surface area contributed by atoms with Gasteiger partial charge in [0.2, 0.25) is 5.79 Å². The highest BCUT2D eigenvalue weighted by Gasteiger charge is 2.60. The molecule has 0 amide bonds. The molecule has 2 saturated heterocycles. The summed E-state index contributed by atoms with van der Waals surface area (Å²) in [6.45, 7) is -1.28. The van der Waals surface area contributed by atoms with Crippen LogP contribution in [-0.4, -0.2) is 109 Å². The van der Waals surface area contributed by atoms with Gasteiger partial charge in [0.25, 0.3) is 0 Å². The summed E-state index contributed by atoms with van der Waals surface area (Å²) in [6.07, 6.45) is -13.6. The van der Waals surface area contributed by atoms with E-state index in [1.54, 1.807) is 0 Å². The minimum atomic E-state index is -2.63. The van der Waals surface area contributed by atoms with Crippen molar-refractivity contribution < 1.29 is 50.3 Å². The Morgan fingerprint density at radius 3 is 2.10 bits per heavy atom. The molecule has 10 nitrogen and oxygen atoms in total. The Bertz CT molecular complexity index is 365. The van der Waals surface area contributed by atoms with Crippen LogP contribution < -0.4 is 0 Å². The summed E-state index contributed by atoms with van der Waals surface area (Å²) in [5.41, 5.74) is 0. The second kappa shape index (κ2) is 6.01. The summed E-state index contributed by atoms with van der Waals surface area (Å²) in [7, 11) is 0. The lowest BCUT2D eigenvalue weighted by molar-refractivity contribution is -0.389. The highest BCUT2D eigenvalue weighted by Crippen LogP contribution is 2.35. The van der Waals surface area contributed by atoms with Gasteiger partial charge in [-0.25, -0.2) is 0 Å². The summed E-state index contributed by atoms with van der Waals surface area (Å²) in [5, 5.41) is 77.4. The highest BCUT2D eigenvalue weighted by molar-refractivity contribution is 5.04. The van der Waals surface area contributed by atoms with Crippen LogP contribution in [0.4, 0.5) is 0 Å². The van der Waals surface area contributed by atoms with Crippen molar-refractivity contribution in [3.63, 3.8) is 0 Å². The Balaban J connectivity index is 2.26. The molecule has 2 aliphatic heterocycles. The molecule has 8 N–H and O–H groups in total. The standard InChI is InChI=1S/C11H20O10/c12-1-4-6(15)7(16)8(17)10(21-4)11(19)9(18)5(14)3(13)2-20-11/h3-10,12-19H,1-2H2/t3-,4-,5+,6-,7+,8-,9-,10?,11?/m1/s1. The Labute approximate surface area is 119 Å². The van der Waals surface area contributed by atoms with Gasteiger partial charge in [-0.3, -0.25) is 0 Å². The van der Waals surface area contributed by atoms with E-state index in [9.17, 15) is 35.7 Å². The molecule has 124 valence electrons. The third-order valence-corrected chi connectivity index (χ3v) is 3.93. The third-order valence-electron chi connectivity index (χ3n) is 3.93. The van der Waals surface area contributed by atoms with Gasteiger partial charge in [0, 0.05) is 0 Å². The van der Waals surface area contributed by atoms with E-state index in [-0.39, 0.29) is 0 Å². The first kappa shape index (κ1) is 17.0. The van der Waals surface area contributed by atoms with Crippen molar-refractivity contribution in [2.24, 2.45) is 0 Å². The highest BCUT2D eigenvalue weighted by atomic mass is 16.7. The van der Waals surface area contributed by atoms with Crippen molar-refractivity contribution in [2.75, 3.05) is 13.2 Å². The molecule has 0 aromatic carbocycles. The lowest BCUT2D eigenvalue weighted by Gasteiger charge is -2.50. The number of rotatable bonds is 2. The van der Waals surface area contributed by atoms with Gasteiger partial charge in [0.05, 0.1) is 13.2 Å². The van der Waals surface area contributed by atoms with Crippen LogP contribution in [0.25, 0.3) is 0 Å². The van der Waals surface area contributed by atoms with Gasteiger partial charge in [-0.15, -0.1) is 0 Å². The zero-order valence-electron chi connectivity index (χ0n) is 10.9. The summed E-state index contributed by atoms with van der Waals surface area (Å²) in [6, 6.07) is 0. The van der Waals surface area contributed by atoms with E-state index in [2.05, 4.69) is 0 Å². The van der Waals surface area contributed by atoms with Crippen LogP contribution >= 0.6 is 0 Å². The summed E-state index contributed by atoms with van der Waals surface area (Å²) < 4.78 is 9.97. The zero-order chi connectivity index (χ0) is 15.9. The van der Waals surface area contributed by atoms with E-state index in [0.29, 0.717) is 0 Å². The van der Waals surface area contributed by atoms with Crippen LogP contribution in [0.2, 0.25) is 0 Å². The van der Waals surface area contributed by atoms with E-state index in [1.165, 1.54) is 0 Å². The molecule has 9 atom stereocenters. The number of aliphatic hydroxyl groups is 8. The van der Waals surface area contributed by atoms with Crippen molar-refractivity contribution in [2.45, 2.75) is 54.6 Å². The van der Waals surface area contributed by atoms with Crippen LogP contribution in [0.5, 0.6) is 0 Å². The molecule has 0 aromatic rings. The maximum absolute atomic E-state index is 10.3. The lowest BCUT2D eigenvalue weighted by Crippen LogP contribution is -2.73. The van der Waals surface area contributed by atoms with Crippen molar-refractivity contribution in [1.82, 2.24) is 0 Å². The molecule has 2 aliphatic rings. The third kappa shape index (κ3) is 2.68. The van der Waals surface area contributed by atoms with Crippen molar-refractivity contribution in [3.05, 3.63) is 0 Å². The SMILES string of the molecule is OC[C@H]1OC(C2(O)OC[C@@H](O)[C@H](O)[C@H]2O)[C@H](O)[C@@H](O)[C@@H]1O. The van der Waals surface area contributed by atoms with E-state index >= 15 is 0 Å². The van der Waals surface area contributed by atoms with E-state index in [0.717, 1.165) is 0 Å². The van der Waals surface area contributed by atoms with Gasteiger partial charge in [-0.2, -0.15) is 0 Å². The molecule has 2 fully saturated rings. The minimum Gasteiger partial charge on any atom is -0.394 e. The monoisotopic (exact) mass is 312 g/mol. The van der Waals surface area contributed by atoms with Gasteiger partial charge in [0.15, 0.2) is 0 Å². The van der Waals surface area contributed by atoms with Crippen LogP contribution in [-0.2, 0) is 9.47 Å².